The maximum absolute atomic E-state index is 13.8. The van der Waals surface area contributed by atoms with Crippen molar-refractivity contribution in [1.82, 2.24) is 0 Å². The van der Waals surface area contributed by atoms with E-state index in [1.54, 1.807) is 0 Å². The highest BCUT2D eigenvalue weighted by Crippen LogP contribution is 2.22. The first-order chi connectivity index (χ1) is 7.20. The Labute approximate surface area is 91.5 Å². The van der Waals surface area contributed by atoms with Crippen molar-refractivity contribution in [3.05, 3.63) is 35.9 Å². The van der Waals surface area contributed by atoms with E-state index in [9.17, 15) is 4.39 Å². The normalized spacial score (nSPS) is 14.9. The molecule has 84 valence electrons. The highest BCUT2D eigenvalue weighted by molar-refractivity contribution is 5.14. The second-order valence-electron chi connectivity index (χ2n) is 4.05. The molecule has 2 heteroatoms. The van der Waals surface area contributed by atoms with Crippen LogP contribution in [0.25, 0.3) is 0 Å². The minimum atomic E-state index is -1.16. The van der Waals surface area contributed by atoms with Crippen molar-refractivity contribution in [2.24, 2.45) is 5.73 Å². The van der Waals surface area contributed by atoms with Gasteiger partial charge in [0.25, 0.3) is 0 Å². The van der Waals surface area contributed by atoms with Crippen LogP contribution in [-0.2, 0) is 6.42 Å². The fourth-order valence-corrected chi connectivity index (χ4v) is 1.68. The number of halogens is 1. The van der Waals surface area contributed by atoms with Gasteiger partial charge in [-0.2, -0.15) is 0 Å². The summed E-state index contributed by atoms with van der Waals surface area (Å²) in [6.45, 7) is 1.99. The molecule has 1 aromatic rings. The standard InChI is InChI=1S/C13H20FN/c1-2-13(14,11-15)10-6-9-12-7-4-3-5-8-12/h3-5,7-8H,2,6,9-11,15H2,1H3. The third-order valence-electron chi connectivity index (χ3n) is 2.93. The summed E-state index contributed by atoms with van der Waals surface area (Å²) in [6.07, 6.45) is 2.88. The summed E-state index contributed by atoms with van der Waals surface area (Å²) in [5.41, 5.74) is 5.54. The third-order valence-corrected chi connectivity index (χ3v) is 2.93. The van der Waals surface area contributed by atoms with Crippen LogP contribution in [0.15, 0.2) is 30.3 Å². The first-order valence-electron chi connectivity index (χ1n) is 5.63. The zero-order valence-corrected chi connectivity index (χ0v) is 9.38. The van der Waals surface area contributed by atoms with Crippen LogP contribution in [0.1, 0.15) is 31.7 Å². The van der Waals surface area contributed by atoms with Gasteiger partial charge in [0.2, 0.25) is 0 Å². The molecule has 1 nitrogen and oxygen atoms in total. The number of hydrogen-bond acceptors (Lipinski definition) is 1. The Bertz CT molecular complexity index is 267. The van der Waals surface area contributed by atoms with E-state index in [4.69, 9.17) is 5.73 Å². The Kier molecular flexibility index (Phi) is 4.76. The van der Waals surface area contributed by atoms with Gasteiger partial charge >= 0.3 is 0 Å². The number of nitrogens with two attached hydrogens (primary N) is 1. The van der Waals surface area contributed by atoms with Gasteiger partial charge in [-0.3, -0.25) is 0 Å². The predicted octanol–water partition coefficient (Wildman–Crippen LogP) is 3.09. The molecule has 0 aliphatic rings. The second kappa shape index (κ2) is 5.86. The maximum Gasteiger partial charge on any atom is 0.123 e. The first kappa shape index (κ1) is 12.2. The van der Waals surface area contributed by atoms with Crippen LogP contribution < -0.4 is 5.73 Å². The van der Waals surface area contributed by atoms with Crippen molar-refractivity contribution in [2.45, 2.75) is 38.3 Å². The number of hydrogen-bond donors (Lipinski definition) is 1. The Balaban J connectivity index is 2.33. The molecule has 0 saturated carbocycles. The molecule has 0 aliphatic carbocycles. The zero-order chi connectivity index (χ0) is 11.1. The van der Waals surface area contributed by atoms with E-state index in [0.29, 0.717) is 12.8 Å². The topological polar surface area (TPSA) is 26.0 Å². The van der Waals surface area contributed by atoms with Gasteiger partial charge in [0.05, 0.1) is 0 Å². The van der Waals surface area contributed by atoms with E-state index in [2.05, 4.69) is 12.1 Å². The third kappa shape index (κ3) is 4.00. The highest BCUT2D eigenvalue weighted by Gasteiger charge is 2.24. The largest absolute Gasteiger partial charge is 0.328 e. The lowest BCUT2D eigenvalue weighted by atomic mass is 9.94. The van der Waals surface area contributed by atoms with Crippen molar-refractivity contribution in [1.29, 1.82) is 0 Å². The molecule has 0 aliphatic heterocycles. The molecule has 0 amide bonds. The van der Waals surface area contributed by atoms with E-state index < -0.39 is 5.67 Å². The molecule has 1 atom stereocenters. The Morgan fingerprint density at radius 2 is 1.93 bits per heavy atom. The predicted molar refractivity (Wildman–Crippen MR) is 62.6 cm³/mol. The molecule has 0 saturated heterocycles. The summed E-state index contributed by atoms with van der Waals surface area (Å²) in [6, 6.07) is 10.2. The number of alkyl halides is 1. The summed E-state index contributed by atoms with van der Waals surface area (Å²) >= 11 is 0. The van der Waals surface area contributed by atoms with Crippen LogP contribution in [-0.4, -0.2) is 12.2 Å². The summed E-state index contributed by atoms with van der Waals surface area (Å²) in [5, 5.41) is 0. The van der Waals surface area contributed by atoms with Gasteiger partial charge in [0.1, 0.15) is 5.67 Å². The molecule has 0 radical (unpaired) electrons. The SMILES string of the molecule is CCC(F)(CN)CCCc1ccccc1. The first-order valence-corrected chi connectivity index (χ1v) is 5.63. The fraction of sp³-hybridized carbons (Fsp3) is 0.538. The van der Waals surface area contributed by atoms with Crippen LogP contribution >= 0.6 is 0 Å². The average Bonchev–Trinajstić information content (AvgIpc) is 2.30. The van der Waals surface area contributed by atoms with Crippen LogP contribution in [0, 0.1) is 0 Å². The lowest BCUT2D eigenvalue weighted by Crippen LogP contribution is -2.32. The van der Waals surface area contributed by atoms with Gasteiger partial charge in [-0.1, -0.05) is 37.3 Å². The van der Waals surface area contributed by atoms with Crippen molar-refractivity contribution in [3.8, 4) is 0 Å². The average molecular weight is 209 g/mol. The van der Waals surface area contributed by atoms with E-state index >= 15 is 0 Å². The fourth-order valence-electron chi connectivity index (χ4n) is 1.68. The van der Waals surface area contributed by atoms with Crippen LogP contribution in [0.2, 0.25) is 0 Å². The van der Waals surface area contributed by atoms with E-state index in [1.165, 1.54) is 5.56 Å². The summed E-state index contributed by atoms with van der Waals surface area (Å²) in [5.74, 6) is 0. The summed E-state index contributed by atoms with van der Waals surface area (Å²) < 4.78 is 13.8. The summed E-state index contributed by atoms with van der Waals surface area (Å²) in [4.78, 5) is 0. The Morgan fingerprint density at radius 3 is 2.47 bits per heavy atom. The van der Waals surface area contributed by atoms with E-state index in [1.807, 2.05) is 25.1 Å². The minimum Gasteiger partial charge on any atom is -0.328 e. The van der Waals surface area contributed by atoms with Crippen molar-refractivity contribution in [2.75, 3.05) is 6.54 Å². The van der Waals surface area contributed by atoms with Crippen molar-refractivity contribution >= 4 is 0 Å². The molecule has 0 heterocycles. The number of benzene rings is 1. The lowest BCUT2D eigenvalue weighted by Gasteiger charge is -2.21. The molecule has 1 aromatic carbocycles. The van der Waals surface area contributed by atoms with Gasteiger partial charge in [-0.05, 0) is 31.2 Å². The van der Waals surface area contributed by atoms with Gasteiger partial charge in [0.15, 0.2) is 0 Å². The molecule has 0 bridgehead atoms. The molecular formula is C13H20FN. The van der Waals surface area contributed by atoms with Gasteiger partial charge in [-0.15, -0.1) is 0 Å². The quantitative estimate of drug-likeness (QED) is 0.765. The lowest BCUT2D eigenvalue weighted by molar-refractivity contribution is 0.150. The Hall–Kier alpha value is -0.890. The second-order valence-corrected chi connectivity index (χ2v) is 4.05. The molecule has 2 N–H and O–H groups in total. The minimum absolute atomic E-state index is 0.137. The van der Waals surface area contributed by atoms with Gasteiger partial charge in [-0.25, -0.2) is 4.39 Å². The van der Waals surface area contributed by atoms with Crippen molar-refractivity contribution < 1.29 is 4.39 Å². The summed E-state index contributed by atoms with van der Waals surface area (Å²) in [7, 11) is 0. The van der Waals surface area contributed by atoms with Crippen molar-refractivity contribution in [3.63, 3.8) is 0 Å². The van der Waals surface area contributed by atoms with E-state index in [-0.39, 0.29) is 6.54 Å². The van der Waals surface area contributed by atoms with E-state index in [0.717, 1.165) is 12.8 Å². The van der Waals surface area contributed by atoms with Crippen LogP contribution in [0.4, 0.5) is 4.39 Å². The maximum atomic E-state index is 13.8. The number of aryl methyl sites for hydroxylation is 1. The molecule has 0 aromatic heterocycles. The molecule has 1 rings (SSSR count). The molecular weight excluding hydrogens is 189 g/mol. The number of rotatable bonds is 6. The smallest absolute Gasteiger partial charge is 0.123 e. The monoisotopic (exact) mass is 209 g/mol. The zero-order valence-electron chi connectivity index (χ0n) is 9.38. The van der Waals surface area contributed by atoms with Crippen LogP contribution in [0.5, 0.6) is 0 Å². The Morgan fingerprint density at radius 1 is 1.27 bits per heavy atom. The van der Waals surface area contributed by atoms with Gasteiger partial charge in [0, 0.05) is 6.54 Å². The van der Waals surface area contributed by atoms with Gasteiger partial charge < -0.3 is 5.73 Å². The molecule has 0 fully saturated rings. The molecule has 1 unspecified atom stereocenters. The molecule has 15 heavy (non-hydrogen) atoms. The van der Waals surface area contributed by atoms with Crippen LogP contribution in [0.3, 0.4) is 0 Å². The highest BCUT2D eigenvalue weighted by atomic mass is 19.1. The molecule has 0 spiro atoms.